The molecule has 0 unspecified atom stereocenters. The third kappa shape index (κ3) is 4.77. The van der Waals surface area contributed by atoms with Crippen LogP contribution in [0.15, 0.2) is 12.1 Å². The molecule has 0 atom stereocenters. The molecule has 1 rings (SSSR count). The molecule has 0 fully saturated rings. The summed E-state index contributed by atoms with van der Waals surface area (Å²) in [5.74, 6) is 0.0130. The van der Waals surface area contributed by atoms with Crippen molar-refractivity contribution in [2.75, 3.05) is 27.9 Å². The van der Waals surface area contributed by atoms with Crippen LogP contribution in [-0.2, 0) is 16.0 Å². The molecule has 0 saturated heterocycles. The van der Waals surface area contributed by atoms with E-state index in [2.05, 4.69) is 0 Å². The normalized spacial score (nSPS) is 10.3. The first-order chi connectivity index (χ1) is 10.8. The van der Waals surface area contributed by atoms with Gasteiger partial charge in [-0.05, 0) is 31.5 Å². The van der Waals surface area contributed by atoms with E-state index in [1.807, 2.05) is 0 Å². The number of ether oxygens (including phenoxy) is 3. The second-order valence-corrected chi connectivity index (χ2v) is 5.22. The summed E-state index contributed by atoms with van der Waals surface area (Å²) in [5.41, 5.74) is 0.653. The monoisotopic (exact) mass is 325 g/mol. The van der Waals surface area contributed by atoms with E-state index < -0.39 is 5.97 Å². The van der Waals surface area contributed by atoms with Crippen LogP contribution in [0.5, 0.6) is 17.2 Å². The number of carbonyl (C=O) groups is 2. The predicted molar refractivity (Wildman–Crippen MR) is 84.3 cm³/mol. The summed E-state index contributed by atoms with van der Waals surface area (Å²) in [7, 11) is 4.49. The molecule has 1 amide bonds. The number of carboxylic acid groups (broad SMARTS) is 1. The van der Waals surface area contributed by atoms with Crippen LogP contribution in [-0.4, -0.2) is 55.8 Å². The van der Waals surface area contributed by atoms with E-state index >= 15 is 0 Å². The van der Waals surface area contributed by atoms with Gasteiger partial charge in [0.2, 0.25) is 11.7 Å². The summed E-state index contributed by atoms with van der Waals surface area (Å²) >= 11 is 0. The zero-order valence-corrected chi connectivity index (χ0v) is 14.1. The van der Waals surface area contributed by atoms with Crippen LogP contribution in [0.25, 0.3) is 0 Å². The molecule has 0 heterocycles. The fraction of sp³-hybridized carbons (Fsp3) is 0.500. The van der Waals surface area contributed by atoms with Crippen molar-refractivity contribution < 1.29 is 28.9 Å². The Labute approximate surface area is 135 Å². The molecular formula is C16H23NO6. The van der Waals surface area contributed by atoms with Gasteiger partial charge in [-0.2, -0.15) is 0 Å². The van der Waals surface area contributed by atoms with Crippen LogP contribution in [0.1, 0.15) is 19.4 Å². The highest BCUT2D eigenvalue weighted by Gasteiger charge is 2.21. The van der Waals surface area contributed by atoms with Crippen LogP contribution in [0.4, 0.5) is 0 Å². The first kappa shape index (κ1) is 18.6. The molecule has 1 N–H and O–H groups in total. The summed E-state index contributed by atoms with van der Waals surface area (Å²) in [5, 5.41) is 8.93. The van der Waals surface area contributed by atoms with Gasteiger partial charge in [0.25, 0.3) is 0 Å². The lowest BCUT2D eigenvalue weighted by Gasteiger charge is -2.25. The molecular weight excluding hydrogens is 302 g/mol. The summed E-state index contributed by atoms with van der Waals surface area (Å²) in [6.45, 7) is 3.22. The third-order valence-electron chi connectivity index (χ3n) is 3.33. The summed E-state index contributed by atoms with van der Waals surface area (Å²) in [6, 6.07) is 3.15. The average molecular weight is 325 g/mol. The number of rotatable bonds is 8. The molecule has 0 radical (unpaired) electrons. The van der Waals surface area contributed by atoms with Crippen molar-refractivity contribution in [3.8, 4) is 17.2 Å². The van der Waals surface area contributed by atoms with E-state index in [4.69, 9.17) is 19.3 Å². The predicted octanol–water partition coefficient (Wildman–Crippen LogP) is 1.58. The SMILES string of the molecule is COc1cc(CC(=O)N(CC(=O)O)C(C)C)cc(OC)c1OC. The lowest BCUT2D eigenvalue weighted by Crippen LogP contribution is -2.41. The summed E-state index contributed by atoms with van der Waals surface area (Å²) < 4.78 is 15.7. The number of hydrogen-bond acceptors (Lipinski definition) is 5. The maximum atomic E-state index is 12.4. The van der Waals surface area contributed by atoms with Crippen LogP contribution >= 0.6 is 0 Å². The lowest BCUT2D eigenvalue weighted by molar-refractivity contribution is -0.145. The van der Waals surface area contributed by atoms with E-state index in [0.717, 1.165) is 0 Å². The van der Waals surface area contributed by atoms with Gasteiger partial charge in [-0.3, -0.25) is 9.59 Å². The summed E-state index contributed by atoms with van der Waals surface area (Å²) in [4.78, 5) is 24.6. The van der Waals surface area contributed by atoms with Gasteiger partial charge in [0.05, 0.1) is 27.8 Å². The maximum absolute atomic E-state index is 12.4. The van der Waals surface area contributed by atoms with Crippen LogP contribution in [0.3, 0.4) is 0 Å². The Morgan fingerprint density at radius 3 is 1.96 bits per heavy atom. The molecule has 0 aliphatic carbocycles. The van der Waals surface area contributed by atoms with Crippen molar-refractivity contribution in [2.24, 2.45) is 0 Å². The number of carbonyl (C=O) groups excluding carboxylic acids is 1. The minimum Gasteiger partial charge on any atom is -0.493 e. The Balaban J connectivity index is 3.07. The van der Waals surface area contributed by atoms with E-state index in [-0.39, 0.29) is 24.9 Å². The van der Waals surface area contributed by atoms with Crippen molar-refractivity contribution in [2.45, 2.75) is 26.3 Å². The Bertz CT molecular complexity index is 545. The van der Waals surface area contributed by atoms with E-state index in [0.29, 0.717) is 22.8 Å². The third-order valence-corrected chi connectivity index (χ3v) is 3.33. The van der Waals surface area contributed by atoms with E-state index in [1.165, 1.54) is 26.2 Å². The molecule has 128 valence electrons. The number of amides is 1. The van der Waals surface area contributed by atoms with Gasteiger partial charge in [-0.15, -0.1) is 0 Å². The number of hydrogen-bond donors (Lipinski definition) is 1. The first-order valence-corrected chi connectivity index (χ1v) is 7.14. The van der Waals surface area contributed by atoms with Crippen molar-refractivity contribution in [3.05, 3.63) is 17.7 Å². The molecule has 0 aliphatic rings. The van der Waals surface area contributed by atoms with Crippen molar-refractivity contribution in [1.29, 1.82) is 0 Å². The highest BCUT2D eigenvalue weighted by atomic mass is 16.5. The minimum absolute atomic E-state index is 0.0438. The molecule has 23 heavy (non-hydrogen) atoms. The smallest absolute Gasteiger partial charge is 0.323 e. The Kier molecular flexibility index (Phi) is 6.68. The fourth-order valence-corrected chi connectivity index (χ4v) is 2.22. The second-order valence-electron chi connectivity index (χ2n) is 5.22. The van der Waals surface area contributed by atoms with Crippen LogP contribution in [0.2, 0.25) is 0 Å². The molecule has 0 saturated carbocycles. The Hall–Kier alpha value is -2.44. The highest BCUT2D eigenvalue weighted by molar-refractivity contribution is 5.83. The lowest BCUT2D eigenvalue weighted by atomic mass is 10.1. The Morgan fingerprint density at radius 1 is 1.09 bits per heavy atom. The zero-order valence-electron chi connectivity index (χ0n) is 14.1. The van der Waals surface area contributed by atoms with Crippen molar-refractivity contribution in [1.82, 2.24) is 4.90 Å². The van der Waals surface area contributed by atoms with Gasteiger partial charge in [-0.25, -0.2) is 0 Å². The number of benzene rings is 1. The summed E-state index contributed by atoms with van der Waals surface area (Å²) in [6.07, 6.45) is 0.0438. The van der Waals surface area contributed by atoms with Crippen molar-refractivity contribution in [3.63, 3.8) is 0 Å². The van der Waals surface area contributed by atoms with E-state index in [9.17, 15) is 9.59 Å². The first-order valence-electron chi connectivity index (χ1n) is 7.14. The van der Waals surface area contributed by atoms with Gasteiger partial charge in [0, 0.05) is 6.04 Å². The van der Waals surface area contributed by atoms with E-state index in [1.54, 1.807) is 26.0 Å². The zero-order chi connectivity index (χ0) is 17.6. The van der Waals surface area contributed by atoms with Gasteiger partial charge >= 0.3 is 5.97 Å². The molecule has 0 bridgehead atoms. The van der Waals surface area contributed by atoms with Crippen LogP contribution in [0, 0.1) is 0 Å². The second kappa shape index (κ2) is 8.26. The van der Waals surface area contributed by atoms with Crippen molar-refractivity contribution >= 4 is 11.9 Å². The van der Waals surface area contributed by atoms with Crippen LogP contribution < -0.4 is 14.2 Å². The van der Waals surface area contributed by atoms with Gasteiger partial charge in [0.15, 0.2) is 11.5 Å². The fourth-order valence-electron chi connectivity index (χ4n) is 2.22. The van der Waals surface area contributed by atoms with Gasteiger partial charge in [-0.1, -0.05) is 0 Å². The molecule has 1 aromatic rings. The Morgan fingerprint density at radius 2 is 1.61 bits per heavy atom. The minimum atomic E-state index is -1.04. The standard InChI is InChI=1S/C16H23NO6/c1-10(2)17(9-15(19)20)14(18)8-11-6-12(21-3)16(23-5)13(7-11)22-4/h6-7,10H,8-9H2,1-5H3,(H,19,20). The molecule has 0 aromatic heterocycles. The molecule has 0 spiro atoms. The largest absolute Gasteiger partial charge is 0.493 e. The topological polar surface area (TPSA) is 85.3 Å². The average Bonchev–Trinajstić information content (AvgIpc) is 2.50. The highest BCUT2D eigenvalue weighted by Crippen LogP contribution is 2.38. The molecule has 7 nitrogen and oxygen atoms in total. The van der Waals surface area contributed by atoms with Gasteiger partial charge in [0.1, 0.15) is 6.54 Å². The number of aliphatic carboxylic acids is 1. The molecule has 0 aliphatic heterocycles. The number of methoxy groups -OCH3 is 3. The number of nitrogens with zero attached hydrogens (tertiary/aromatic N) is 1. The maximum Gasteiger partial charge on any atom is 0.323 e. The number of carboxylic acids is 1. The quantitative estimate of drug-likeness (QED) is 0.781. The van der Waals surface area contributed by atoms with Gasteiger partial charge < -0.3 is 24.2 Å². The molecule has 1 aromatic carbocycles. The molecule has 7 heteroatoms.